The lowest BCUT2D eigenvalue weighted by molar-refractivity contribution is -0.265. The van der Waals surface area contributed by atoms with Crippen LogP contribution in [0.2, 0.25) is 0 Å². The van der Waals surface area contributed by atoms with Gasteiger partial charge in [-0.1, -0.05) is 18.2 Å². The number of para-hydroxylation sites is 1. The van der Waals surface area contributed by atoms with Gasteiger partial charge in [0.25, 0.3) is 5.78 Å². The van der Waals surface area contributed by atoms with Gasteiger partial charge in [0.2, 0.25) is 0 Å². The molecule has 0 saturated carbocycles. The first-order valence-corrected chi connectivity index (χ1v) is 5.01. The van der Waals surface area contributed by atoms with Crippen LogP contribution in [-0.2, 0) is 4.79 Å². The quantitative estimate of drug-likeness (QED) is 0.522. The van der Waals surface area contributed by atoms with Gasteiger partial charge in [0.05, 0.1) is 5.69 Å². The van der Waals surface area contributed by atoms with Crippen LogP contribution in [0.5, 0.6) is 0 Å². The Bertz CT molecular complexity index is 482. The highest BCUT2D eigenvalue weighted by Crippen LogP contribution is 2.36. The van der Waals surface area contributed by atoms with Crippen molar-refractivity contribution in [2.75, 3.05) is 5.43 Å². The number of nitrogens with one attached hydrogen (secondary N) is 1. The summed E-state index contributed by atoms with van der Waals surface area (Å²) in [5, 5.41) is 3.21. The van der Waals surface area contributed by atoms with E-state index in [4.69, 9.17) is 0 Å². The highest BCUT2D eigenvalue weighted by atomic mass is 19.4. The number of ketones is 1. The van der Waals surface area contributed by atoms with Crippen LogP contribution in [0.15, 0.2) is 35.4 Å². The third-order valence-corrected chi connectivity index (χ3v) is 2.10. The number of alkyl halides is 5. The van der Waals surface area contributed by atoms with Gasteiger partial charge in [-0.05, 0) is 19.1 Å². The van der Waals surface area contributed by atoms with Crippen molar-refractivity contribution in [3.63, 3.8) is 0 Å². The molecule has 0 aromatic heterocycles. The molecule has 0 aliphatic carbocycles. The summed E-state index contributed by atoms with van der Waals surface area (Å²) in [5.41, 5.74) is 1.60. The van der Waals surface area contributed by atoms with Crippen LogP contribution >= 0.6 is 0 Å². The molecule has 0 fully saturated rings. The fraction of sp³-hybridized carbons (Fsp3) is 0.273. The van der Waals surface area contributed by atoms with E-state index in [9.17, 15) is 26.7 Å². The normalized spacial score (nSPS) is 13.3. The predicted octanol–water partition coefficient (Wildman–Crippen LogP) is 3.24. The van der Waals surface area contributed by atoms with Crippen LogP contribution in [0.3, 0.4) is 0 Å². The Morgan fingerprint density at radius 2 is 1.63 bits per heavy atom. The van der Waals surface area contributed by atoms with Gasteiger partial charge in [0, 0.05) is 0 Å². The fourth-order valence-electron chi connectivity index (χ4n) is 1.07. The van der Waals surface area contributed by atoms with Crippen molar-refractivity contribution in [3.05, 3.63) is 30.3 Å². The number of Topliss-reactive ketones (excluding diaryl/α,β-unsaturated/α-hetero) is 1. The number of halogens is 5. The molecule has 8 heteroatoms. The molecule has 1 aromatic carbocycles. The Morgan fingerprint density at radius 3 is 2.11 bits per heavy atom. The van der Waals surface area contributed by atoms with E-state index in [2.05, 4.69) is 10.5 Å². The Kier molecular flexibility index (Phi) is 4.23. The largest absolute Gasteiger partial charge is 0.461 e. The topological polar surface area (TPSA) is 41.5 Å². The van der Waals surface area contributed by atoms with Crippen molar-refractivity contribution in [2.24, 2.45) is 5.10 Å². The van der Waals surface area contributed by atoms with Crippen LogP contribution in [-0.4, -0.2) is 23.6 Å². The Hall–Kier alpha value is -1.99. The standard InChI is InChI=1S/C11H9F5N2O/c1-7(9(19)10(12,13)11(14,15)16)17-18-8-5-3-2-4-6-8/h2-6,18H,1H3/b17-7+. The molecule has 0 bridgehead atoms. The summed E-state index contributed by atoms with van der Waals surface area (Å²) in [6.45, 7) is 0.776. The number of hydrogen-bond acceptors (Lipinski definition) is 3. The van der Waals surface area contributed by atoms with E-state index >= 15 is 0 Å². The minimum atomic E-state index is -5.94. The van der Waals surface area contributed by atoms with Crippen LogP contribution in [0.1, 0.15) is 6.92 Å². The summed E-state index contributed by atoms with van der Waals surface area (Å²) in [5.74, 6) is -7.83. The first-order chi connectivity index (χ1) is 8.66. The number of carbonyl (C=O) groups excluding carboxylic acids is 1. The first-order valence-electron chi connectivity index (χ1n) is 5.01. The summed E-state index contributed by atoms with van der Waals surface area (Å²) in [4.78, 5) is 11.0. The van der Waals surface area contributed by atoms with Gasteiger partial charge in [-0.2, -0.15) is 27.1 Å². The lowest BCUT2D eigenvalue weighted by Gasteiger charge is -2.17. The zero-order chi connectivity index (χ0) is 14.7. The van der Waals surface area contributed by atoms with E-state index in [1.54, 1.807) is 18.2 Å². The molecule has 0 amide bonds. The average Bonchev–Trinajstić information content (AvgIpc) is 2.34. The fourth-order valence-corrected chi connectivity index (χ4v) is 1.07. The molecule has 0 aliphatic heterocycles. The van der Waals surface area contributed by atoms with Crippen molar-refractivity contribution in [1.29, 1.82) is 0 Å². The summed E-state index contributed by atoms with van der Waals surface area (Å²) in [7, 11) is 0. The maximum atomic E-state index is 12.7. The van der Waals surface area contributed by atoms with E-state index < -0.39 is 23.6 Å². The van der Waals surface area contributed by atoms with Gasteiger partial charge in [-0.15, -0.1) is 0 Å². The summed E-state index contributed by atoms with van der Waals surface area (Å²) < 4.78 is 61.3. The summed E-state index contributed by atoms with van der Waals surface area (Å²) in [6.07, 6.45) is -5.94. The van der Waals surface area contributed by atoms with Crippen molar-refractivity contribution >= 4 is 17.2 Å². The van der Waals surface area contributed by atoms with Gasteiger partial charge in [-0.3, -0.25) is 10.2 Å². The molecule has 0 radical (unpaired) electrons. The van der Waals surface area contributed by atoms with Crippen molar-refractivity contribution < 1.29 is 26.7 Å². The Labute approximate surface area is 105 Å². The van der Waals surface area contributed by atoms with Crippen LogP contribution in [0, 0.1) is 0 Å². The van der Waals surface area contributed by atoms with Gasteiger partial charge in [0.1, 0.15) is 5.71 Å². The maximum absolute atomic E-state index is 12.7. The number of hydrogen-bond donors (Lipinski definition) is 1. The second kappa shape index (κ2) is 5.33. The molecular weight excluding hydrogens is 271 g/mol. The number of rotatable bonds is 4. The minimum absolute atomic E-state index is 0.352. The number of hydrazone groups is 1. The molecule has 0 spiro atoms. The summed E-state index contributed by atoms with van der Waals surface area (Å²) in [6, 6.07) is 7.87. The SMILES string of the molecule is C/C(=N\Nc1ccccc1)C(=O)C(F)(F)C(F)(F)F. The van der Waals surface area contributed by atoms with Gasteiger partial charge >= 0.3 is 12.1 Å². The van der Waals surface area contributed by atoms with E-state index in [-0.39, 0.29) is 0 Å². The third kappa shape index (κ3) is 3.49. The highest BCUT2D eigenvalue weighted by Gasteiger charge is 2.63. The number of benzene rings is 1. The molecule has 19 heavy (non-hydrogen) atoms. The molecule has 0 heterocycles. The number of carbonyl (C=O) groups is 1. The monoisotopic (exact) mass is 280 g/mol. The molecule has 104 valence electrons. The van der Waals surface area contributed by atoms with Crippen LogP contribution in [0.25, 0.3) is 0 Å². The van der Waals surface area contributed by atoms with Crippen molar-refractivity contribution in [3.8, 4) is 0 Å². The maximum Gasteiger partial charge on any atom is 0.461 e. The smallest absolute Gasteiger partial charge is 0.286 e. The third-order valence-electron chi connectivity index (χ3n) is 2.10. The molecule has 1 N–H and O–H groups in total. The molecular formula is C11H9F5N2O. The van der Waals surface area contributed by atoms with Crippen molar-refractivity contribution in [2.45, 2.75) is 19.0 Å². The summed E-state index contributed by atoms with van der Waals surface area (Å²) >= 11 is 0. The zero-order valence-electron chi connectivity index (χ0n) is 9.63. The molecule has 1 rings (SSSR count). The molecule has 0 saturated heterocycles. The lowest BCUT2D eigenvalue weighted by Crippen LogP contribution is -2.47. The van der Waals surface area contributed by atoms with Crippen molar-refractivity contribution in [1.82, 2.24) is 0 Å². The molecule has 0 aliphatic rings. The van der Waals surface area contributed by atoms with Gasteiger partial charge in [0.15, 0.2) is 0 Å². The zero-order valence-corrected chi connectivity index (χ0v) is 9.63. The number of anilines is 1. The molecule has 1 aromatic rings. The first kappa shape index (κ1) is 15.1. The Morgan fingerprint density at radius 1 is 1.11 bits per heavy atom. The molecule has 0 unspecified atom stereocenters. The van der Waals surface area contributed by atoms with Crippen LogP contribution in [0.4, 0.5) is 27.6 Å². The second-order valence-electron chi connectivity index (χ2n) is 3.58. The molecule has 0 atom stereocenters. The van der Waals surface area contributed by atoms with E-state index in [1.165, 1.54) is 12.1 Å². The minimum Gasteiger partial charge on any atom is -0.286 e. The number of nitrogens with zero attached hydrogens (tertiary/aromatic N) is 1. The second-order valence-corrected chi connectivity index (χ2v) is 3.58. The highest BCUT2D eigenvalue weighted by molar-refractivity contribution is 6.41. The van der Waals surface area contributed by atoms with E-state index in [0.717, 1.165) is 6.92 Å². The predicted molar refractivity (Wildman–Crippen MR) is 59.2 cm³/mol. The van der Waals surface area contributed by atoms with Gasteiger partial charge in [-0.25, -0.2) is 0 Å². The molecule has 3 nitrogen and oxygen atoms in total. The lowest BCUT2D eigenvalue weighted by atomic mass is 10.1. The van der Waals surface area contributed by atoms with E-state index in [1.807, 2.05) is 0 Å². The average molecular weight is 280 g/mol. The Balaban J connectivity index is 2.83. The van der Waals surface area contributed by atoms with Gasteiger partial charge < -0.3 is 0 Å². The van der Waals surface area contributed by atoms with E-state index in [0.29, 0.717) is 5.69 Å². The van der Waals surface area contributed by atoms with Crippen LogP contribution < -0.4 is 5.43 Å².